The maximum absolute atomic E-state index is 5.74. The third-order valence-electron chi connectivity index (χ3n) is 2.95. The van der Waals surface area contributed by atoms with Gasteiger partial charge in [-0.1, -0.05) is 31.5 Å². The summed E-state index contributed by atoms with van der Waals surface area (Å²) in [6, 6.07) is 12.3. The molecule has 0 aliphatic rings. The molecule has 3 heteroatoms. The fraction of sp³-hybridized carbons (Fsp3) is 0.312. The van der Waals surface area contributed by atoms with Crippen molar-refractivity contribution in [2.24, 2.45) is 0 Å². The zero-order chi connectivity index (χ0) is 13.5. The molecule has 3 nitrogen and oxygen atoms in total. The number of aryl methyl sites for hydroxylation is 1. The first-order chi connectivity index (χ1) is 9.31. The Hall–Kier alpha value is -2.03. The number of pyridine rings is 1. The molecule has 0 atom stereocenters. The van der Waals surface area contributed by atoms with E-state index in [1.54, 1.807) is 0 Å². The molecule has 1 N–H and O–H groups in total. The van der Waals surface area contributed by atoms with Crippen molar-refractivity contribution in [3.8, 4) is 5.75 Å². The number of anilines is 1. The van der Waals surface area contributed by atoms with Crippen LogP contribution in [-0.4, -0.2) is 12.0 Å². The van der Waals surface area contributed by atoms with Gasteiger partial charge in [0.1, 0.15) is 18.2 Å². The lowest BCUT2D eigenvalue weighted by Crippen LogP contribution is -1.98. The summed E-state index contributed by atoms with van der Waals surface area (Å²) in [6.07, 6.45) is 4.12. The Bertz CT molecular complexity index is 491. The molecule has 0 fully saturated rings. The monoisotopic (exact) mass is 256 g/mol. The molecule has 1 aromatic carbocycles. The van der Waals surface area contributed by atoms with Gasteiger partial charge in [0.2, 0.25) is 0 Å². The first-order valence-electron chi connectivity index (χ1n) is 6.66. The minimum absolute atomic E-state index is 0.546. The second kappa shape index (κ2) is 6.78. The van der Waals surface area contributed by atoms with E-state index in [1.807, 2.05) is 37.5 Å². The minimum Gasteiger partial charge on any atom is -0.489 e. The molecule has 0 aliphatic heterocycles. The summed E-state index contributed by atoms with van der Waals surface area (Å²) in [4.78, 5) is 4.26. The van der Waals surface area contributed by atoms with Crippen molar-refractivity contribution < 1.29 is 4.74 Å². The van der Waals surface area contributed by atoms with Crippen LogP contribution in [0.4, 0.5) is 5.82 Å². The SMILES string of the molecule is CCCc1ccc(OCc2ccc(NC)nc2)cc1. The molecule has 2 rings (SSSR count). The van der Waals surface area contributed by atoms with E-state index in [9.17, 15) is 0 Å². The summed E-state index contributed by atoms with van der Waals surface area (Å²) in [5, 5.41) is 2.99. The number of aromatic nitrogens is 1. The third kappa shape index (κ3) is 3.98. The maximum atomic E-state index is 5.74. The van der Waals surface area contributed by atoms with E-state index >= 15 is 0 Å². The van der Waals surface area contributed by atoms with E-state index < -0.39 is 0 Å². The van der Waals surface area contributed by atoms with Gasteiger partial charge in [0.15, 0.2) is 0 Å². The summed E-state index contributed by atoms with van der Waals surface area (Å²) in [7, 11) is 1.86. The van der Waals surface area contributed by atoms with Gasteiger partial charge in [-0.25, -0.2) is 4.98 Å². The number of rotatable bonds is 6. The summed E-state index contributed by atoms with van der Waals surface area (Å²) in [6.45, 7) is 2.73. The number of hydrogen-bond donors (Lipinski definition) is 1. The van der Waals surface area contributed by atoms with Crippen molar-refractivity contribution in [3.05, 3.63) is 53.7 Å². The summed E-state index contributed by atoms with van der Waals surface area (Å²) < 4.78 is 5.74. The molecule has 0 radical (unpaired) electrons. The lowest BCUT2D eigenvalue weighted by atomic mass is 10.1. The highest BCUT2D eigenvalue weighted by molar-refractivity contribution is 5.34. The molecule has 2 aromatic rings. The fourth-order valence-electron chi connectivity index (χ4n) is 1.87. The van der Waals surface area contributed by atoms with Crippen LogP contribution in [0, 0.1) is 0 Å². The van der Waals surface area contributed by atoms with Gasteiger partial charge in [-0.3, -0.25) is 0 Å². The fourth-order valence-corrected chi connectivity index (χ4v) is 1.87. The van der Waals surface area contributed by atoms with Crippen LogP contribution in [0.25, 0.3) is 0 Å². The summed E-state index contributed by atoms with van der Waals surface area (Å²) >= 11 is 0. The van der Waals surface area contributed by atoms with Crippen LogP contribution in [0.5, 0.6) is 5.75 Å². The lowest BCUT2D eigenvalue weighted by molar-refractivity contribution is 0.305. The van der Waals surface area contributed by atoms with Gasteiger partial charge < -0.3 is 10.1 Å². The van der Waals surface area contributed by atoms with Gasteiger partial charge in [0.05, 0.1) is 0 Å². The highest BCUT2D eigenvalue weighted by atomic mass is 16.5. The highest BCUT2D eigenvalue weighted by Gasteiger charge is 1.98. The molecular weight excluding hydrogens is 236 g/mol. The van der Waals surface area contributed by atoms with Crippen molar-refractivity contribution >= 4 is 5.82 Å². The van der Waals surface area contributed by atoms with Crippen molar-refractivity contribution in [1.82, 2.24) is 4.98 Å². The zero-order valence-electron chi connectivity index (χ0n) is 11.5. The molecule has 0 saturated carbocycles. The third-order valence-corrected chi connectivity index (χ3v) is 2.95. The van der Waals surface area contributed by atoms with Crippen LogP contribution >= 0.6 is 0 Å². The molecule has 19 heavy (non-hydrogen) atoms. The Morgan fingerprint density at radius 3 is 2.37 bits per heavy atom. The van der Waals surface area contributed by atoms with Crippen LogP contribution in [0.3, 0.4) is 0 Å². The Kier molecular flexibility index (Phi) is 4.78. The first-order valence-corrected chi connectivity index (χ1v) is 6.66. The second-order valence-corrected chi connectivity index (χ2v) is 4.48. The molecule has 0 spiro atoms. The molecule has 0 bridgehead atoms. The maximum Gasteiger partial charge on any atom is 0.125 e. The Morgan fingerprint density at radius 1 is 1.05 bits per heavy atom. The van der Waals surface area contributed by atoms with Crippen molar-refractivity contribution in [3.63, 3.8) is 0 Å². The number of nitrogens with one attached hydrogen (secondary N) is 1. The number of hydrogen-bond acceptors (Lipinski definition) is 3. The Labute approximate surface area is 114 Å². The summed E-state index contributed by atoms with van der Waals surface area (Å²) in [5.41, 5.74) is 2.42. The average Bonchev–Trinajstić information content (AvgIpc) is 2.47. The predicted octanol–water partition coefficient (Wildman–Crippen LogP) is 3.65. The van der Waals surface area contributed by atoms with Crippen LogP contribution in [0.1, 0.15) is 24.5 Å². The van der Waals surface area contributed by atoms with Gasteiger partial charge >= 0.3 is 0 Å². The van der Waals surface area contributed by atoms with E-state index in [0.717, 1.165) is 23.6 Å². The lowest BCUT2D eigenvalue weighted by Gasteiger charge is -2.07. The molecule has 0 aliphatic carbocycles. The number of ether oxygens (including phenoxy) is 1. The highest BCUT2D eigenvalue weighted by Crippen LogP contribution is 2.15. The zero-order valence-corrected chi connectivity index (χ0v) is 11.5. The van der Waals surface area contributed by atoms with Gasteiger partial charge in [0.25, 0.3) is 0 Å². The largest absolute Gasteiger partial charge is 0.489 e. The molecule has 100 valence electrons. The average molecular weight is 256 g/mol. The van der Waals surface area contributed by atoms with E-state index in [1.165, 1.54) is 12.0 Å². The molecule has 0 saturated heterocycles. The standard InChI is InChI=1S/C16H20N2O/c1-3-4-13-5-8-15(9-6-13)19-12-14-7-10-16(17-2)18-11-14/h5-11H,3-4,12H2,1-2H3,(H,17,18). The van der Waals surface area contributed by atoms with Crippen molar-refractivity contribution in [2.75, 3.05) is 12.4 Å². The predicted molar refractivity (Wildman–Crippen MR) is 78.6 cm³/mol. The van der Waals surface area contributed by atoms with Gasteiger partial charge in [-0.2, -0.15) is 0 Å². The van der Waals surface area contributed by atoms with Gasteiger partial charge in [-0.05, 0) is 30.2 Å². The molecule has 0 unspecified atom stereocenters. The number of nitrogens with zero attached hydrogens (tertiary/aromatic N) is 1. The minimum atomic E-state index is 0.546. The Morgan fingerprint density at radius 2 is 1.79 bits per heavy atom. The molecule has 0 amide bonds. The van der Waals surface area contributed by atoms with E-state index in [4.69, 9.17) is 4.74 Å². The molecule has 1 aromatic heterocycles. The number of benzene rings is 1. The van der Waals surface area contributed by atoms with Crippen molar-refractivity contribution in [1.29, 1.82) is 0 Å². The van der Waals surface area contributed by atoms with Crippen LogP contribution in [-0.2, 0) is 13.0 Å². The van der Waals surface area contributed by atoms with Crippen molar-refractivity contribution in [2.45, 2.75) is 26.4 Å². The molecular formula is C16H20N2O. The quantitative estimate of drug-likeness (QED) is 0.856. The van der Waals surface area contributed by atoms with E-state index in [-0.39, 0.29) is 0 Å². The van der Waals surface area contributed by atoms with E-state index in [0.29, 0.717) is 6.61 Å². The van der Waals surface area contributed by atoms with Gasteiger partial charge in [0, 0.05) is 18.8 Å². The second-order valence-electron chi connectivity index (χ2n) is 4.48. The molecule has 1 heterocycles. The van der Waals surface area contributed by atoms with Gasteiger partial charge in [-0.15, -0.1) is 0 Å². The first kappa shape index (κ1) is 13.4. The Balaban J connectivity index is 1.90. The normalized spacial score (nSPS) is 10.2. The van der Waals surface area contributed by atoms with Crippen LogP contribution in [0.2, 0.25) is 0 Å². The van der Waals surface area contributed by atoms with E-state index in [2.05, 4.69) is 29.4 Å². The smallest absolute Gasteiger partial charge is 0.125 e. The van der Waals surface area contributed by atoms with Crippen LogP contribution in [0.15, 0.2) is 42.6 Å². The topological polar surface area (TPSA) is 34.1 Å². The van der Waals surface area contributed by atoms with Crippen LogP contribution < -0.4 is 10.1 Å². The summed E-state index contributed by atoms with van der Waals surface area (Å²) in [5.74, 6) is 1.77.